The van der Waals surface area contributed by atoms with Crippen LogP contribution in [0, 0.1) is 0 Å². The lowest BCUT2D eigenvalue weighted by atomic mass is 9.81. The molecule has 4 rings (SSSR count). The summed E-state index contributed by atoms with van der Waals surface area (Å²) in [6.07, 6.45) is 0. The number of hydrogen-bond acceptors (Lipinski definition) is 2. The largest absolute Gasteiger partial charge is 0.289 e. The summed E-state index contributed by atoms with van der Waals surface area (Å²) in [7, 11) is 0. The van der Waals surface area contributed by atoms with Gasteiger partial charge in [0.25, 0.3) is 0 Å². The highest BCUT2D eigenvalue weighted by Gasteiger charge is 2.29. The summed E-state index contributed by atoms with van der Waals surface area (Å²) in [6, 6.07) is 23.5. The summed E-state index contributed by atoms with van der Waals surface area (Å²) in [5.74, 6) is 0.0543. The van der Waals surface area contributed by atoms with E-state index in [1.54, 1.807) is 0 Å². The van der Waals surface area contributed by atoms with Crippen LogP contribution in [0.3, 0.4) is 0 Å². The fourth-order valence-corrected chi connectivity index (χ4v) is 3.35. The Bertz CT molecular complexity index is 910. The second-order valence-corrected chi connectivity index (χ2v) is 5.71. The third-order valence-corrected chi connectivity index (χ3v) is 4.48. The molecular formula is C20H12OS. The Morgan fingerprint density at radius 2 is 1.18 bits per heavy atom. The summed E-state index contributed by atoms with van der Waals surface area (Å²) in [4.78, 5) is 13.7. The van der Waals surface area contributed by atoms with Crippen LogP contribution in [0.2, 0.25) is 0 Å². The molecule has 0 fully saturated rings. The topological polar surface area (TPSA) is 17.1 Å². The summed E-state index contributed by atoms with van der Waals surface area (Å²) in [5, 5.41) is 0. The maximum absolute atomic E-state index is 13.0. The van der Waals surface area contributed by atoms with E-state index in [1.165, 1.54) is 0 Å². The molecule has 0 heterocycles. The third kappa shape index (κ3) is 1.85. The van der Waals surface area contributed by atoms with Gasteiger partial charge in [0, 0.05) is 22.3 Å². The van der Waals surface area contributed by atoms with Gasteiger partial charge in [-0.15, -0.1) is 0 Å². The lowest BCUT2D eigenvalue weighted by Crippen LogP contribution is -2.20. The highest BCUT2D eigenvalue weighted by atomic mass is 32.1. The predicted molar refractivity (Wildman–Crippen MR) is 92.6 cm³/mol. The van der Waals surface area contributed by atoms with E-state index in [0.29, 0.717) is 5.56 Å². The Labute approximate surface area is 134 Å². The Balaban J connectivity index is 2.02. The van der Waals surface area contributed by atoms with E-state index in [1.807, 2.05) is 72.8 Å². The number of ketones is 1. The first-order chi connectivity index (χ1) is 10.8. The van der Waals surface area contributed by atoms with Gasteiger partial charge >= 0.3 is 0 Å². The summed E-state index contributed by atoms with van der Waals surface area (Å²) in [5.41, 5.74) is 5.12. The minimum absolute atomic E-state index is 0.0543. The number of carbonyl (C=O) groups excluding carboxylic acids is 1. The number of thiocarbonyl (C=S) groups is 1. The minimum atomic E-state index is 0.0543. The zero-order valence-electron chi connectivity index (χ0n) is 11.7. The molecule has 0 N–H and O–H groups in total. The Morgan fingerprint density at radius 1 is 0.591 bits per heavy atom. The fraction of sp³-hybridized carbons (Fsp3) is 0. The second-order valence-electron chi connectivity index (χ2n) is 5.30. The molecule has 0 saturated carbocycles. The molecule has 1 aliphatic rings. The zero-order valence-corrected chi connectivity index (χ0v) is 12.6. The third-order valence-electron chi connectivity index (χ3n) is 4.04. The smallest absolute Gasteiger partial charge is 0.194 e. The molecule has 0 saturated heterocycles. The maximum Gasteiger partial charge on any atom is 0.194 e. The van der Waals surface area contributed by atoms with Gasteiger partial charge in [-0.1, -0.05) is 85.0 Å². The Hall–Kier alpha value is -2.58. The van der Waals surface area contributed by atoms with Crippen LogP contribution in [0.1, 0.15) is 27.0 Å². The van der Waals surface area contributed by atoms with Crippen LogP contribution in [0.15, 0.2) is 72.8 Å². The van der Waals surface area contributed by atoms with Crippen molar-refractivity contribution in [1.29, 1.82) is 0 Å². The molecule has 1 nitrogen and oxygen atoms in total. The lowest BCUT2D eigenvalue weighted by molar-refractivity contribution is 0.103. The molecule has 1 aliphatic carbocycles. The monoisotopic (exact) mass is 300 g/mol. The van der Waals surface area contributed by atoms with Gasteiger partial charge in [-0.25, -0.2) is 0 Å². The molecule has 3 aromatic rings. The highest BCUT2D eigenvalue weighted by molar-refractivity contribution is 7.81. The van der Waals surface area contributed by atoms with Gasteiger partial charge in [0.15, 0.2) is 5.78 Å². The van der Waals surface area contributed by atoms with Gasteiger partial charge in [-0.05, 0) is 11.1 Å². The number of hydrogen-bond donors (Lipinski definition) is 0. The van der Waals surface area contributed by atoms with Crippen LogP contribution >= 0.6 is 12.2 Å². The van der Waals surface area contributed by atoms with E-state index in [4.69, 9.17) is 12.2 Å². The number of carbonyl (C=O) groups is 1. The fourth-order valence-electron chi connectivity index (χ4n) is 3.00. The highest BCUT2D eigenvalue weighted by Crippen LogP contribution is 2.34. The van der Waals surface area contributed by atoms with Crippen LogP contribution in [0.4, 0.5) is 0 Å². The van der Waals surface area contributed by atoms with Crippen LogP contribution in [-0.2, 0) is 0 Å². The van der Waals surface area contributed by atoms with Gasteiger partial charge < -0.3 is 0 Å². The molecule has 3 aromatic carbocycles. The molecule has 22 heavy (non-hydrogen) atoms. The lowest BCUT2D eigenvalue weighted by Gasteiger charge is -2.22. The number of rotatable bonds is 1. The van der Waals surface area contributed by atoms with E-state index in [9.17, 15) is 4.79 Å². The Morgan fingerprint density at radius 3 is 1.95 bits per heavy atom. The normalized spacial score (nSPS) is 12.7. The van der Waals surface area contributed by atoms with Crippen LogP contribution in [0.5, 0.6) is 0 Å². The van der Waals surface area contributed by atoms with Gasteiger partial charge in [-0.2, -0.15) is 0 Å². The molecule has 0 aliphatic heterocycles. The van der Waals surface area contributed by atoms with Gasteiger partial charge in [0.05, 0.1) is 4.86 Å². The summed E-state index contributed by atoms with van der Waals surface area (Å²) < 4.78 is 0. The quantitative estimate of drug-likeness (QED) is 0.475. The molecule has 0 spiro atoms. The Kier molecular flexibility index (Phi) is 2.98. The van der Waals surface area contributed by atoms with Crippen molar-refractivity contribution in [2.75, 3.05) is 0 Å². The van der Waals surface area contributed by atoms with Gasteiger partial charge in [0.1, 0.15) is 0 Å². The maximum atomic E-state index is 13.0. The van der Waals surface area contributed by atoms with Crippen molar-refractivity contribution < 1.29 is 4.79 Å². The molecule has 0 aromatic heterocycles. The minimum Gasteiger partial charge on any atom is -0.289 e. The molecule has 0 amide bonds. The van der Waals surface area contributed by atoms with Crippen molar-refractivity contribution in [3.8, 4) is 11.1 Å². The number of benzene rings is 3. The van der Waals surface area contributed by atoms with E-state index in [2.05, 4.69) is 0 Å². The molecular weight excluding hydrogens is 288 g/mol. The SMILES string of the molecule is O=C1c2ccccc2C(=S)c2cccc(-c3ccccc3)c21. The van der Waals surface area contributed by atoms with E-state index in [-0.39, 0.29) is 5.78 Å². The van der Waals surface area contributed by atoms with Crippen molar-refractivity contribution in [1.82, 2.24) is 0 Å². The predicted octanol–water partition coefficient (Wildman–Crippen LogP) is 4.66. The van der Waals surface area contributed by atoms with E-state index in [0.717, 1.165) is 32.7 Å². The van der Waals surface area contributed by atoms with Crippen LogP contribution in [-0.4, -0.2) is 10.6 Å². The molecule has 0 unspecified atom stereocenters. The standard InChI is InChI=1S/C20H12OS/c21-19-15-9-4-5-10-16(15)20(22)17-12-6-11-14(18(17)19)13-7-2-1-3-8-13/h1-12H. The van der Waals surface area contributed by atoms with Crippen molar-refractivity contribution >= 4 is 22.9 Å². The molecule has 0 radical (unpaired) electrons. The average Bonchev–Trinajstić information content (AvgIpc) is 2.60. The first-order valence-corrected chi connectivity index (χ1v) is 7.55. The molecule has 0 bridgehead atoms. The summed E-state index contributed by atoms with van der Waals surface area (Å²) in [6.45, 7) is 0. The van der Waals surface area contributed by atoms with E-state index < -0.39 is 0 Å². The zero-order chi connectivity index (χ0) is 15.1. The molecule has 104 valence electrons. The van der Waals surface area contributed by atoms with Crippen molar-refractivity contribution in [2.24, 2.45) is 0 Å². The van der Waals surface area contributed by atoms with Crippen molar-refractivity contribution in [3.05, 3.63) is 95.1 Å². The van der Waals surface area contributed by atoms with Gasteiger partial charge in [0.2, 0.25) is 0 Å². The van der Waals surface area contributed by atoms with Gasteiger partial charge in [-0.3, -0.25) is 4.79 Å². The first-order valence-electron chi connectivity index (χ1n) is 7.14. The number of fused-ring (bicyclic) bond motifs is 2. The van der Waals surface area contributed by atoms with Crippen LogP contribution in [0.25, 0.3) is 11.1 Å². The second kappa shape index (κ2) is 5.00. The molecule has 2 heteroatoms. The first kappa shape index (κ1) is 13.1. The molecule has 0 atom stereocenters. The van der Waals surface area contributed by atoms with Crippen molar-refractivity contribution in [3.63, 3.8) is 0 Å². The van der Waals surface area contributed by atoms with E-state index >= 15 is 0 Å². The summed E-state index contributed by atoms with van der Waals surface area (Å²) >= 11 is 5.63. The average molecular weight is 300 g/mol. The van der Waals surface area contributed by atoms with Crippen molar-refractivity contribution in [2.45, 2.75) is 0 Å². The van der Waals surface area contributed by atoms with Crippen LogP contribution < -0.4 is 0 Å².